The Balaban J connectivity index is 5.89. The lowest BCUT2D eigenvalue weighted by atomic mass is 10.0. The van der Waals surface area contributed by atoms with Crippen molar-refractivity contribution in [2.75, 3.05) is 12.4 Å². The first-order valence-corrected chi connectivity index (χ1v) is 13.7. The Kier molecular flexibility index (Phi) is 17.5. The Morgan fingerprint density at radius 1 is 0.651 bits per heavy atom. The number of amides is 5. The number of carboxylic acids is 3. The molecule has 43 heavy (non-hydrogen) atoms. The largest absolute Gasteiger partial charge is 0.481 e. The number of carbonyl (C=O) groups excluding carboxylic acids is 5. The van der Waals surface area contributed by atoms with Gasteiger partial charge in [-0.05, 0) is 25.7 Å². The van der Waals surface area contributed by atoms with E-state index in [9.17, 15) is 38.4 Å². The van der Waals surface area contributed by atoms with Crippen LogP contribution in [0.25, 0.3) is 0 Å². The highest BCUT2D eigenvalue weighted by Gasteiger charge is 2.33. The summed E-state index contributed by atoms with van der Waals surface area (Å²) in [6, 6.07) is -8.45. The zero-order valence-electron chi connectivity index (χ0n) is 23.9. The maximum Gasteiger partial charge on any atom is 0.328 e. The summed E-state index contributed by atoms with van der Waals surface area (Å²) in [6.45, 7) is 3.40. The molecule has 0 radical (unpaired) electrons. The number of aliphatic hydroxyl groups is 1. The number of aliphatic hydroxyl groups excluding tert-OH is 1. The Morgan fingerprint density at radius 2 is 1.09 bits per heavy atom. The van der Waals surface area contributed by atoms with Crippen molar-refractivity contribution in [1.82, 2.24) is 26.6 Å². The predicted octanol–water partition coefficient (Wildman–Crippen LogP) is -3.85. The van der Waals surface area contributed by atoms with Crippen molar-refractivity contribution >= 4 is 60.1 Å². The number of hydrogen-bond acceptors (Lipinski definition) is 11. The topological polar surface area (TPSA) is 304 Å². The van der Waals surface area contributed by atoms with E-state index in [1.54, 1.807) is 13.8 Å². The van der Waals surface area contributed by atoms with Crippen molar-refractivity contribution in [3.8, 4) is 0 Å². The smallest absolute Gasteiger partial charge is 0.328 e. The van der Waals surface area contributed by atoms with Crippen LogP contribution in [0.5, 0.6) is 0 Å². The molecule has 0 aromatic carbocycles. The molecule has 0 aromatic heterocycles. The van der Waals surface area contributed by atoms with E-state index in [2.05, 4.69) is 33.9 Å². The summed E-state index contributed by atoms with van der Waals surface area (Å²) in [5.74, 6) is -9.42. The summed E-state index contributed by atoms with van der Waals surface area (Å²) in [4.78, 5) is 97.0. The Bertz CT molecular complexity index is 1040. The van der Waals surface area contributed by atoms with Crippen LogP contribution in [0.3, 0.4) is 0 Å². The molecular formula is C24H40N6O12S. The molecular weight excluding hydrogens is 596 g/mol. The van der Waals surface area contributed by atoms with Crippen molar-refractivity contribution in [2.24, 2.45) is 11.7 Å². The fraction of sp³-hybridized carbons (Fsp3) is 0.667. The van der Waals surface area contributed by atoms with Crippen molar-refractivity contribution in [3.63, 3.8) is 0 Å². The highest BCUT2D eigenvalue weighted by atomic mass is 32.1. The third-order valence-electron chi connectivity index (χ3n) is 5.89. The first kappa shape index (κ1) is 39.0. The number of carboxylic acid groups (broad SMARTS) is 3. The summed E-state index contributed by atoms with van der Waals surface area (Å²) >= 11 is 3.93. The predicted molar refractivity (Wildman–Crippen MR) is 150 cm³/mol. The normalized spacial score (nSPS) is 15.0. The van der Waals surface area contributed by atoms with E-state index in [-0.39, 0.29) is 5.75 Å². The minimum Gasteiger partial charge on any atom is -0.481 e. The van der Waals surface area contributed by atoms with E-state index in [0.29, 0.717) is 0 Å². The molecule has 244 valence electrons. The molecule has 0 aliphatic carbocycles. The quantitative estimate of drug-likeness (QED) is 0.0571. The number of thiol groups is 1. The van der Waals surface area contributed by atoms with Crippen LogP contribution >= 0.6 is 12.6 Å². The van der Waals surface area contributed by atoms with Gasteiger partial charge in [0.15, 0.2) is 0 Å². The summed E-state index contributed by atoms with van der Waals surface area (Å²) in [6.07, 6.45) is -2.16. The second kappa shape index (κ2) is 19.3. The van der Waals surface area contributed by atoms with Gasteiger partial charge in [-0.25, -0.2) is 4.79 Å². The molecule has 0 saturated heterocycles. The molecule has 0 aliphatic heterocycles. The number of aliphatic carboxylic acids is 3. The van der Waals surface area contributed by atoms with Crippen molar-refractivity contribution in [2.45, 2.75) is 82.7 Å². The van der Waals surface area contributed by atoms with Crippen LogP contribution in [-0.2, 0) is 38.4 Å². The molecule has 5 amide bonds. The number of rotatable bonds is 20. The second-order valence-electron chi connectivity index (χ2n) is 9.82. The van der Waals surface area contributed by atoms with Gasteiger partial charge in [0.05, 0.1) is 12.6 Å². The van der Waals surface area contributed by atoms with Gasteiger partial charge in [0.2, 0.25) is 29.5 Å². The highest BCUT2D eigenvalue weighted by Crippen LogP contribution is 2.07. The standard InChI is InChI=1S/C24H40N6O12S/c1-10(2)18(30-20(37)12(25)9-43)23(40)28-14(5-7-17(34)35)22(39)27-13(4-6-16(32)33)21(38)26-11(3)19(36)29-15(8-31)24(41)42/h10-15,18,31,43H,4-9,25H2,1-3H3,(H,26,38)(H,27,39)(H,28,40)(H,29,36)(H,30,37)(H,32,33)(H,34,35)(H,41,42)/t11-,12-,13-,14-,15-,18-/m0/s1. The Labute approximate surface area is 252 Å². The van der Waals surface area contributed by atoms with Gasteiger partial charge in [0.1, 0.15) is 30.2 Å². The van der Waals surface area contributed by atoms with Crippen LogP contribution in [-0.4, -0.2) is 116 Å². The minimum atomic E-state index is -1.67. The maximum atomic E-state index is 13.2. The first-order valence-electron chi connectivity index (χ1n) is 13.1. The van der Waals surface area contributed by atoms with Crippen LogP contribution in [0.4, 0.5) is 0 Å². The van der Waals surface area contributed by atoms with Crippen LogP contribution < -0.4 is 32.3 Å². The minimum absolute atomic E-state index is 0.0242. The van der Waals surface area contributed by atoms with Crippen molar-refractivity contribution in [3.05, 3.63) is 0 Å². The van der Waals surface area contributed by atoms with E-state index < -0.39 is 122 Å². The van der Waals surface area contributed by atoms with Gasteiger partial charge in [-0.2, -0.15) is 12.6 Å². The fourth-order valence-electron chi connectivity index (χ4n) is 3.35. The van der Waals surface area contributed by atoms with Crippen LogP contribution in [0.15, 0.2) is 0 Å². The lowest BCUT2D eigenvalue weighted by Crippen LogP contribution is -2.60. The SMILES string of the molecule is CC(C)[C@H](NC(=O)[C@@H](N)CS)C(=O)N[C@@H](CCC(=O)O)C(=O)N[C@@H](CCC(=O)O)C(=O)N[C@@H](C)C(=O)N[C@@H](CO)C(=O)O. The summed E-state index contributed by atoms with van der Waals surface area (Å²) in [5, 5.41) is 47.4. The molecule has 0 fully saturated rings. The highest BCUT2D eigenvalue weighted by molar-refractivity contribution is 7.80. The summed E-state index contributed by atoms with van der Waals surface area (Å²) in [5.41, 5.74) is 5.63. The van der Waals surface area contributed by atoms with Gasteiger partial charge in [-0.15, -0.1) is 0 Å². The molecule has 19 heteroatoms. The van der Waals surface area contributed by atoms with Crippen molar-refractivity contribution < 1.29 is 58.8 Å². The molecule has 0 heterocycles. The Morgan fingerprint density at radius 3 is 1.49 bits per heavy atom. The molecule has 18 nitrogen and oxygen atoms in total. The molecule has 6 atom stereocenters. The van der Waals surface area contributed by atoms with Crippen LogP contribution in [0.1, 0.15) is 46.5 Å². The Hall–Kier alpha value is -3.97. The zero-order valence-corrected chi connectivity index (χ0v) is 24.8. The van der Waals surface area contributed by atoms with E-state index in [4.69, 9.17) is 26.2 Å². The molecule has 0 saturated carbocycles. The lowest BCUT2D eigenvalue weighted by Gasteiger charge is -2.27. The fourth-order valence-corrected chi connectivity index (χ4v) is 3.51. The molecule has 0 spiro atoms. The molecule has 0 unspecified atom stereocenters. The van der Waals surface area contributed by atoms with E-state index in [0.717, 1.165) is 6.92 Å². The third-order valence-corrected chi connectivity index (χ3v) is 6.28. The average molecular weight is 637 g/mol. The van der Waals surface area contributed by atoms with Gasteiger partial charge in [-0.1, -0.05) is 13.8 Å². The van der Waals surface area contributed by atoms with Gasteiger partial charge >= 0.3 is 17.9 Å². The molecule has 0 bridgehead atoms. The molecule has 0 aromatic rings. The maximum absolute atomic E-state index is 13.2. The number of hydrogen-bond donors (Lipinski definition) is 11. The van der Waals surface area contributed by atoms with Gasteiger partial charge in [0, 0.05) is 18.6 Å². The average Bonchev–Trinajstić information content (AvgIpc) is 2.92. The lowest BCUT2D eigenvalue weighted by molar-refractivity contribution is -0.143. The van der Waals surface area contributed by atoms with E-state index >= 15 is 0 Å². The first-order chi connectivity index (χ1) is 19.9. The van der Waals surface area contributed by atoms with Crippen LogP contribution in [0, 0.1) is 5.92 Å². The van der Waals surface area contributed by atoms with Gasteiger partial charge in [0.25, 0.3) is 0 Å². The van der Waals surface area contributed by atoms with Crippen LogP contribution in [0.2, 0.25) is 0 Å². The molecule has 0 aliphatic rings. The number of nitrogens with two attached hydrogens (primary N) is 1. The van der Waals surface area contributed by atoms with Gasteiger partial charge in [-0.3, -0.25) is 33.6 Å². The number of nitrogens with one attached hydrogen (secondary N) is 5. The second-order valence-corrected chi connectivity index (χ2v) is 10.2. The van der Waals surface area contributed by atoms with Gasteiger partial charge < -0.3 is 52.7 Å². The third kappa shape index (κ3) is 14.7. The molecule has 11 N–H and O–H groups in total. The zero-order chi connectivity index (χ0) is 33.4. The summed E-state index contributed by atoms with van der Waals surface area (Å²) in [7, 11) is 0. The number of carbonyl (C=O) groups is 8. The van der Waals surface area contributed by atoms with E-state index in [1.165, 1.54) is 0 Å². The van der Waals surface area contributed by atoms with Crippen molar-refractivity contribution in [1.29, 1.82) is 0 Å². The van der Waals surface area contributed by atoms with E-state index in [1.807, 2.05) is 5.32 Å². The summed E-state index contributed by atoms with van der Waals surface area (Å²) < 4.78 is 0. The molecule has 0 rings (SSSR count). The monoisotopic (exact) mass is 636 g/mol.